The summed E-state index contributed by atoms with van der Waals surface area (Å²) in [6, 6.07) is 14.0. The molecule has 0 fully saturated rings. The molecule has 0 saturated heterocycles. The van der Waals surface area contributed by atoms with E-state index in [9.17, 15) is 10.1 Å². The summed E-state index contributed by atoms with van der Waals surface area (Å²) in [4.78, 5) is 10.9. The van der Waals surface area contributed by atoms with Crippen molar-refractivity contribution in [3.05, 3.63) is 63.6 Å². The predicted octanol–water partition coefficient (Wildman–Crippen LogP) is 5.39. The molecule has 0 saturated carbocycles. The van der Waals surface area contributed by atoms with Crippen LogP contribution >= 0.6 is 15.9 Å². The fourth-order valence-electron chi connectivity index (χ4n) is 2.14. The van der Waals surface area contributed by atoms with E-state index in [1.807, 2.05) is 25.1 Å². The Kier molecular flexibility index (Phi) is 6.37. The van der Waals surface area contributed by atoms with Gasteiger partial charge >= 0.3 is 5.97 Å². The summed E-state index contributed by atoms with van der Waals surface area (Å²) in [5.74, 6) is -0.231. The molecule has 4 nitrogen and oxygen atoms in total. The van der Waals surface area contributed by atoms with Crippen LogP contribution in [0, 0.1) is 11.3 Å². The first kappa shape index (κ1) is 18.8. The van der Waals surface area contributed by atoms with Gasteiger partial charge in [0.05, 0.1) is 27.8 Å². The van der Waals surface area contributed by atoms with Crippen molar-refractivity contribution in [1.29, 1.82) is 5.26 Å². The smallest absolute Gasteiger partial charge is 0.335 e. The predicted molar refractivity (Wildman–Crippen MR) is 101 cm³/mol. The molecule has 0 aliphatic rings. The minimum Gasteiger partial charge on any atom is -0.490 e. The molecule has 0 unspecified atom stereocenters. The van der Waals surface area contributed by atoms with E-state index < -0.39 is 5.97 Å². The van der Waals surface area contributed by atoms with Gasteiger partial charge in [-0.15, -0.1) is 0 Å². The molecule has 128 valence electrons. The quantitative estimate of drug-likeness (QED) is 0.522. The SMILES string of the molecule is CC[C@@H](C)Oc1ccc(/C=C(/C#N)c2ccc(C(=O)O)cc2)cc1Br. The number of carbonyl (C=O) groups is 1. The van der Waals surface area contributed by atoms with Gasteiger partial charge in [0.15, 0.2) is 0 Å². The molecule has 2 aromatic rings. The van der Waals surface area contributed by atoms with Crippen LogP contribution in [0.2, 0.25) is 0 Å². The van der Waals surface area contributed by atoms with Gasteiger partial charge in [-0.05, 0) is 70.7 Å². The van der Waals surface area contributed by atoms with Crippen LogP contribution in [0.5, 0.6) is 5.75 Å². The molecule has 0 heterocycles. The summed E-state index contributed by atoms with van der Waals surface area (Å²) in [6.07, 6.45) is 2.80. The molecular formula is C20H18BrNO3. The van der Waals surface area contributed by atoms with Crippen LogP contribution in [0.1, 0.15) is 41.8 Å². The van der Waals surface area contributed by atoms with Gasteiger partial charge in [0.1, 0.15) is 5.75 Å². The standard InChI is InChI=1S/C20H18BrNO3/c1-3-13(2)25-19-9-4-14(11-18(19)21)10-17(12-22)15-5-7-16(8-6-15)20(23)24/h4-11,13H,3H2,1-2H3,(H,23,24)/b17-10-/t13-/m1/s1. The Labute approximate surface area is 155 Å². The van der Waals surface area contributed by atoms with E-state index in [4.69, 9.17) is 9.84 Å². The highest BCUT2D eigenvalue weighted by Gasteiger charge is 2.08. The Morgan fingerprint density at radius 3 is 2.44 bits per heavy atom. The molecule has 0 spiro atoms. The zero-order valence-corrected chi connectivity index (χ0v) is 15.6. The molecule has 5 heteroatoms. The Balaban J connectivity index is 2.29. The third kappa shape index (κ3) is 4.94. The van der Waals surface area contributed by atoms with Crippen LogP contribution in [0.15, 0.2) is 46.9 Å². The number of halogens is 1. The topological polar surface area (TPSA) is 70.3 Å². The number of carboxylic acids is 1. The molecule has 0 bridgehead atoms. The summed E-state index contributed by atoms with van der Waals surface area (Å²) >= 11 is 3.50. The van der Waals surface area contributed by atoms with Gasteiger partial charge in [0, 0.05) is 0 Å². The number of hydrogen-bond acceptors (Lipinski definition) is 3. The van der Waals surface area contributed by atoms with Crippen LogP contribution in [0.4, 0.5) is 0 Å². The van der Waals surface area contributed by atoms with Gasteiger partial charge in [0.25, 0.3) is 0 Å². The number of ether oxygens (including phenoxy) is 1. The Morgan fingerprint density at radius 2 is 1.92 bits per heavy atom. The monoisotopic (exact) mass is 399 g/mol. The van der Waals surface area contributed by atoms with Crippen LogP contribution in [0.3, 0.4) is 0 Å². The lowest BCUT2D eigenvalue weighted by Gasteiger charge is -2.14. The summed E-state index contributed by atoms with van der Waals surface area (Å²) < 4.78 is 6.63. The first-order valence-corrected chi connectivity index (χ1v) is 8.65. The van der Waals surface area contributed by atoms with E-state index in [1.54, 1.807) is 18.2 Å². The lowest BCUT2D eigenvalue weighted by atomic mass is 10.0. The Hall–Kier alpha value is -2.58. The van der Waals surface area contributed by atoms with Crippen LogP contribution in [0.25, 0.3) is 11.6 Å². The van der Waals surface area contributed by atoms with Crippen molar-refractivity contribution in [3.63, 3.8) is 0 Å². The summed E-state index contributed by atoms with van der Waals surface area (Å²) in [5.41, 5.74) is 2.17. The maximum atomic E-state index is 10.9. The highest BCUT2D eigenvalue weighted by atomic mass is 79.9. The molecule has 1 N–H and O–H groups in total. The van der Waals surface area contributed by atoms with Crippen LogP contribution in [-0.2, 0) is 0 Å². The van der Waals surface area contributed by atoms with Crippen LogP contribution < -0.4 is 4.74 Å². The first-order chi connectivity index (χ1) is 11.9. The number of carboxylic acid groups (broad SMARTS) is 1. The highest BCUT2D eigenvalue weighted by molar-refractivity contribution is 9.10. The molecule has 0 aromatic heterocycles. The van der Waals surface area contributed by atoms with Gasteiger partial charge < -0.3 is 9.84 Å². The first-order valence-electron chi connectivity index (χ1n) is 7.86. The zero-order chi connectivity index (χ0) is 18.4. The second kappa shape index (κ2) is 8.50. The lowest BCUT2D eigenvalue weighted by Crippen LogP contribution is -2.09. The zero-order valence-electron chi connectivity index (χ0n) is 14.0. The number of rotatable bonds is 6. The van der Waals surface area contributed by atoms with Crippen molar-refractivity contribution in [2.75, 3.05) is 0 Å². The van der Waals surface area contributed by atoms with E-state index in [2.05, 4.69) is 28.9 Å². The molecule has 0 aliphatic carbocycles. The van der Waals surface area contributed by atoms with Crippen LogP contribution in [-0.4, -0.2) is 17.2 Å². The number of hydrogen-bond donors (Lipinski definition) is 1. The molecule has 0 aliphatic heterocycles. The van der Waals surface area contributed by atoms with Crippen molar-refractivity contribution < 1.29 is 14.6 Å². The van der Waals surface area contributed by atoms with Crippen molar-refractivity contribution in [2.45, 2.75) is 26.4 Å². The maximum absolute atomic E-state index is 10.9. The Morgan fingerprint density at radius 1 is 1.28 bits per heavy atom. The Bertz CT molecular complexity index is 835. The van der Waals surface area contributed by atoms with Crippen molar-refractivity contribution in [3.8, 4) is 11.8 Å². The lowest BCUT2D eigenvalue weighted by molar-refractivity contribution is 0.0697. The van der Waals surface area contributed by atoms with Gasteiger partial charge in [-0.2, -0.15) is 5.26 Å². The second-order valence-electron chi connectivity index (χ2n) is 5.58. The summed E-state index contributed by atoms with van der Waals surface area (Å²) in [6.45, 7) is 4.07. The van der Waals surface area contributed by atoms with Gasteiger partial charge in [-0.1, -0.05) is 25.1 Å². The van der Waals surface area contributed by atoms with Crippen molar-refractivity contribution in [2.24, 2.45) is 0 Å². The molecule has 0 radical (unpaired) electrons. The second-order valence-corrected chi connectivity index (χ2v) is 6.43. The van der Waals surface area contributed by atoms with Crippen molar-refractivity contribution >= 4 is 33.5 Å². The molecule has 1 atom stereocenters. The van der Waals surface area contributed by atoms with E-state index in [1.165, 1.54) is 12.1 Å². The normalized spacial score (nSPS) is 12.3. The fraction of sp³-hybridized carbons (Fsp3) is 0.200. The average molecular weight is 400 g/mol. The van der Waals surface area contributed by atoms with E-state index in [0.717, 1.165) is 22.2 Å². The third-order valence-electron chi connectivity index (χ3n) is 3.73. The molecule has 2 rings (SSSR count). The molecule has 25 heavy (non-hydrogen) atoms. The van der Waals surface area contributed by atoms with Gasteiger partial charge in [0.2, 0.25) is 0 Å². The summed E-state index contributed by atoms with van der Waals surface area (Å²) in [7, 11) is 0. The number of nitriles is 1. The highest BCUT2D eigenvalue weighted by Crippen LogP contribution is 2.29. The van der Waals surface area contributed by atoms with E-state index >= 15 is 0 Å². The van der Waals surface area contributed by atoms with Gasteiger partial charge in [-0.3, -0.25) is 0 Å². The maximum Gasteiger partial charge on any atom is 0.335 e. The summed E-state index contributed by atoms with van der Waals surface area (Å²) in [5, 5.41) is 18.4. The number of benzene rings is 2. The number of nitrogens with zero attached hydrogens (tertiary/aromatic N) is 1. The molecular weight excluding hydrogens is 382 g/mol. The minimum atomic E-state index is -0.991. The fourth-order valence-corrected chi connectivity index (χ4v) is 2.63. The molecule has 2 aromatic carbocycles. The number of allylic oxidation sites excluding steroid dienone is 1. The average Bonchev–Trinajstić information content (AvgIpc) is 2.61. The van der Waals surface area contributed by atoms with E-state index in [0.29, 0.717) is 11.1 Å². The molecule has 0 amide bonds. The van der Waals surface area contributed by atoms with Crippen molar-refractivity contribution in [1.82, 2.24) is 0 Å². The van der Waals surface area contributed by atoms with E-state index in [-0.39, 0.29) is 11.7 Å². The third-order valence-corrected chi connectivity index (χ3v) is 4.35. The minimum absolute atomic E-state index is 0.125. The number of aromatic carboxylic acids is 1. The largest absolute Gasteiger partial charge is 0.490 e. The van der Waals surface area contributed by atoms with Gasteiger partial charge in [-0.25, -0.2) is 4.79 Å².